The van der Waals surface area contributed by atoms with E-state index in [2.05, 4.69) is 61.8 Å². The van der Waals surface area contributed by atoms with E-state index in [9.17, 15) is 9.59 Å². The van der Waals surface area contributed by atoms with Crippen molar-refractivity contribution in [3.63, 3.8) is 0 Å². The molecule has 59 heavy (non-hydrogen) atoms. The third-order valence-corrected chi connectivity index (χ3v) is 13.7. The SMILES string of the molecule is CCCCCCCCCOC(=O)CCCCCCCN(CCCCCCCC(=O)OC(CCCCCCCC)CCCCCCCC)CCCn1cc([Si](C)(C)C)nn1. The zero-order valence-electron chi connectivity index (χ0n) is 40.2. The summed E-state index contributed by atoms with van der Waals surface area (Å²) in [4.78, 5) is 27.7. The lowest BCUT2D eigenvalue weighted by Crippen LogP contribution is -2.38. The molecule has 0 aliphatic heterocycles. The molecule has 0 amide bonds. The van der Waals surface area contributed by atoms with Gasteiger partial charge in [-0.2, -0.15) is 0 Å². The minimum absolute atomic E-state index is 0.0160. The van der Waals surface area contributed by atoms with E-state index in [-0.39, 0.29) is 18.0 Å². The van der Waals surface area contributed by atoms with Crippen molar-refractivity contribution in [2.24, 2.45) is 0 Å². The summed E-state index contributed by atoms with van der Waals surface area (Å²) in [6.07, 6.45) is 42.0. The van der Waals surface area contributed by atoms with Crippen LogP contribution in [0.3, 0.4) is 0 Å². The van der Waals surface area contributed by atoms with Crippen molar-refractivity contribution in [3.05, 3.63) is 6.20 Å². The molecule has 0 radical (unpaired) electrons. The molecule has 9 heteroatoms. The van der Waals surface area contributed by atoms with Crippen LogP contribution in [-0.2, 0) is 25.6 Å². The molecule has 1 rings (SSSR count). The molecule has 0 atom stereocenters. The maximum absolute atomic E-state index is 12.9. The second-order valence-electron chi connectivity index (χ2n) is 18.9. The van der Waals surface area contributed by atoms with Crippen molar-refractivity contribution in [2.75, 3.05) is 26.2 Å². The zero-order valence-corrected chi connectivity index (χ0v) is 41.2. The molecule has 0 aliphatic carbocycles. The average Bonchev–Trinajstić information content (AvgIpc) is 3.70. The number of hydrogen-bond donors (Lipinski definition) is 0. The molecule has 0 aromatic carbocycles. The Labute approximate surface area is 366 Å². The summed E-state index contributed by atoms with van der Waals surface area (Å²) >= 11 is 0. The standard InChI is InChI=1S/C50H98N4O4Si/c1-7-10-13-16-19-28-35-45-57-49(55)39-31-24-20-26-33-41-53(43-36-44-54-46-48(51-52-54)59(4,5)6)42-34-27-21-25-32-40-50(56)58-47(37-29-22-17-14-11-8-2)38-30-23-18-15-12-9-3/h46-47H,7-45H2,1-6H3. The Morgan fingerprint density at radius 2 is 0.983 bits per heavy atom. The Hall–Kier alpha value is -1.74. The molecule has 0 saturated heterocycles. The summed E-state index contributed by atoms with van der Waals surface area (Å²) in [6, 6.07) is 0. The van der Waals surface area contributed by atoms with Gasteiger partial charge < -0.3 is 14.4 Å². The second kappa shape index (κ2) is 39.1. The van der Waals surface area contributed by atoms with Gasteiger partial charge in [-0.05, 0) is 83.8 Å². The summed E-state index contributed by atoms with van der Waals surface area (Å²) in [5.74, 6) is 0.0129. The average molecular weight is 847 g/mol. The minimum Gasteiger partial charge on any atom is -0.466 e. The molecule has 0 unspecified atom stereocenters. The van der Waals surface area contributed by atoms with Gasteiger partial charge in [-0.1, -0.05) is 187 Å². The van der Waals surface area contributed by atoms with E-state index >= 15 is 0 Å². The quantitative estimate of drug-likeness (QED) is 0.0367. The highest BCUT2D eigenvalue weighted by atomic mass is 28.3. The van der Waals surface area contributed by atoms with Gasteiger partial charge in [0.15, 0.2) is 0 Å². The van der Waals surface area contributed by atoms with E-state index in [1.54, 1.807) is 0 Å². The maximum Gasteiger partial charge on any atom is 0.306 e. The predicted octanol–water partition coefficient (Wildman–Crippen LogP) is 13.9. The monoisotopic (exact) mass is 847 g/mol. The number of carbonyl (C=O) groups is 2. The van der Waals surface area contributed by atoms with E-state index in [4.69, 9.17) is 9.47 Å². The number of hydrogen-bond acceptors (Lipinski definition) is 7. The molecule has 0 fully saturated rings. The lowest BCUT2D eigenvalue weighted by molar-refractivity contribution is -0.150. The molecular weight excluding hydrogens is 749 g/mol. The van der Waals surface area contributed by atoms with Crippen molar-refractivity contribution in [3.8, 4) is 0 Å². The van der Waals surface area contributed by atoms with Gasteiger partial charge in [-0.25, -0.2) is 0 Å². The van der Waals surface area contributed by atoms with Crippen LogP contribution in [0, 0.1) is 0 Å². The Kier molecular flexibility index (Phi) is 36.7. The van der Waals surface area contributed by atoms with Crippen molar-refractivity contribution in [2.45, 2.75) is 271 Å². The normalized spacial score (nSPS) is 11.9. The van der Waals surface area contributed by atoms with Crippen molar-refractivity contribution in [1.29, 1.82) is 0 Å². The van der Waals surface area contributed by atoms with Gasteiger partial charge in [0.05, 0.1) is 11.9 Å². The van der Waals surface area contributed by atoms with Gasteiger partial charge in [0, 0.05) is 25.6 Å². The van der Waals surface area contributed by atoms with Gasteiger partial charge in [-0.3, -0.25) is 14.3 Å². The summed E-state index contributed by atoms with van der Waals surface area (Å²) in [5, 5.41) is 10.1. The topological polar surface area (TPSA) is 86.5 Å². The number of carbonyl (C=O) groups excluding carboxylic acids is 2. The van der Waals surface area contributed by atoms with Crippen LogP contribution in [0.2, 0.25) is 19.6 Å². The Morgan fingerprint density at radius 1 is 0.559 bits per heavy atom. The highest BCUT2D eigenvalue weighted by Crippen LogP contribution is 2.19. The molecule has 0 saturated carbocycles. The molecule has 1 aromatic rings. The number of aryl methyl sites for hydroxylation is 1. The number of aromatic nitrogens is 3. The summed E-state index contributed by atoms with van der Waals surface area (Å²) in [7, 11) is -1.45. The summed E-state index contributed by atoms with van der Waals surface area (Å²) in [5.41, 5.74) is 0. The fraction of sp³-hybridized carbons (Fsp3) is 0.920. The van der Waals surface area contributed by atoms with Crippen molar-refractivity contribution >= 4 is 25.3 Å². The van der Waals surface area contributed by atoms with Crippen LogP contribution in [0.15, 0.2) is 6.20 Å². The first kappa shape index (κ1) is 55.3. The van der Waals surface area contributed by atoms with Gasteiger partial charge in [0.2, 0.25) is 0 Å². The predicted molar refractivity (Wildman–Crippen MR) is 254 cm³/mol. The van der Waals surface area contributed by atoms with E-state index in [0.29, 0.717) is 19.4 Å². The van der Waals surface area contributed by atoms with Gasteiger partial charge in [0.1, 0.15) is 14.2 Å². The highest BCUT2D eigenvalue weighted by molar-refractivity contribution is 6.88. The summed E-state index contributed by atoms with van der Waals surface area (Å²) < 4.78 is 13.6. The molecule has 1 heterocycles. The Bertz CT molecular complexity index is 1080. The molecule has 8 nitrogen and oxygen atoms in total. The molecule has 0 bridgehead atoms. The largest absolute Gasteiger partial charge is 0.466 e. The van der Waals surface area contributed by atoms with Crippen LogP contribution in [-0.4, -0.2) is 72.3 Å². The molecule has 0 N–H and O–H groups in total. The van der Waals surface area contributed by atoms with E-state index in [1.165, 1.54) is 159 Å². The van der Waals surface area contributed by atoms with Crippen LogP contribution < -0.4 is 5.32 Å². The fourth-order valence-corrected chi connectivity index (χ4v) is 8.82. The smallest absolute Gasteiger partial charge is 0.306 e. The minimum atomic E-state index is -1.45. The Balaban J connectivity index is 2.37. The highest BCUT2D eigenvalue weighted by Gasteiger charge is 2.20. The van der Waals surface area contributed by atoms with Crippen LogP contribution in [0.25, 0.3) is 0 Å². The Morgan fingerprint density at radius 3 is 1.47 bits per heavy atom. The number of rotatable bonds is 44. The van der Waals surface area contributed by atoms with Crippen LogP contribution in [0.1, 0.15) is 239 Å². The first-order valence-electron chi connectivity index (χ1n) is 25.7. The van der Waals surface area contributed by atoms with Crippen molar-refractivity contribution < 1.29 is 19.1 Å². The van der Waals surface area contributed by atoms with Gasteiger partial charge in [-0.15, -0.1) is 5.10 Å². The lowest BCUT2D eigenvalue weighted by atomic mass is 10.0. The second-order valence-corrected chi connectivity index (χ2v) is 23.9. The third-order valence-electron chi connectivity index (χ3n) is 11.9. The van der Waals surface area contributed by atoms with Crippen molar-refractivity contribution in [1.82, 2.24) is 19.9 Å². The van der Waals surface area contributed by atoms with Gasteiger partial charge >= 0.3 is 11.9 Å². The number of unbranched alkanes of at least 4 members (excludes halogenated alkanes) is 24. The van der Waals surface area contributed by atoms with E-state index in [1.807, 2.05) is 4.68 Å². The van der Waals surface area contributed by atoms with Crippen LogP contribution in [0.5, 0.6) is 0 Å². The third kappa shape index (κ3) is 34.5. The fourth-order valence-electron chi connectivity index (χ4n) is 7.94. The summed E-state index contributed by atoms with van der Waals surface area (Å²) in [6.45, 7) is 18.6. The van der Waals surface area contributed by atoms with Crippen LogP contribution >= 0.6 is 0 Å². The number of ether oxygens (including phenoxy) is 2. The maximum atomic E-state index is 12.9. The zero-order chi connectivity index (χ0) is 43.1. The molecule has 1 aromatic heterocycles. The van der Waals surface area contributed by atoms with E-state index in [0.717, 1.165) is 77.5 Å². The first-order valence-corrected chi connectivity index (χ1v) is 29.2. The lowest BCUT2D eigenvalue weighted by Gasteiger charge is -2.22. The van der Waals surface area contributed by atoms with E-state index < -0.39 is 8.07 Å². The van der Waals surface area contributed by atoms with Gasteiger partial charge in [0.25, 0.3) is 0 Å². The number of nitrogens with zero attached hydrogens (tertiary/aromatic N) is 4. The molecular formula is C50H98N4O4Si. The molecule has 0 aliphatic rings. The first-order chi connectivity index (χ1) is 28.7. The molecule has 346 valence electrons. The van der Waals surface area contributed by atoms with Crippen LogP contribution in [0.4, 0.5) is 0 Å². The molecule has 0 spiro atoms. The number of esters is 2.